The molecule has 0 spiro atoms. The fourth-order valence-electron chi connectivity index (χ4n) is 3.76. The Morgan fingerprint density at radius 3 is 2.44 bits per heavy atom. The summed E-state index contributed by atoms with van der Waals surface area (Å²) in [6, 6.07) is 14.6. The van der Waals surface area contributed by atoms with E-state index < -0.39 is 21.9 Å². The molecule has 1 aliphatic rings. The van der Waals surface area contributed by atoms with Crippen LogP contribution in [0.4, 0.5) is 11.4 Å². The summed E-state index contributed by atoms with van der Waals surface area (Å²) < 4.78 is 39.9. The summed E-state index contributed by atoms with van der Waals surface area (Å²) in [7, 11) is -2.76. The van der Waals surface area contributed by atoms with E-state index in [2.05, 4.69) is 5.32 Å². The van der Waals surface area contributed by atoms with Gasteiger partial charge in [-0.3, -0.25) is 9.10 Å². The van der Waals surface area contributed by atoms with Crippen LogP contribution >= 0.6 is 11.6 Å². The van der Waals surface area contributed by atoms with Gasteiger partial charge in [0.25, 0.3) is 15.9 Å². The first-order valence-electron chi connectivity index (χ1n) is 11.0. The molecule has 1 heterocycles. The second kappa shape index (κ2) is 10.5. The first-order chi connectivity index (χ1) is 17.2. The minimum Gasteiger partial charge on any atom is -0.495 e. The van der Waals surface area contributed by atoms with Crippen molar-refractivity contribution in [1.82, 2.24) is 0 Å². The molecule has 0 aliphatic carbocycles. The van der Waals surface area contributed by atoms with Gasteiger partial charge in [0.05, 0.1) is 25.0 Å². The van der Waals surface area contributed by atoms with Gasteiger partial charge in [-0.15, -0.1) is 0 Å². The number of methoxy groups -OCH3 is 1. The van der Waals surface area contributed by atoms with Gasteiger partial charge in [-0.2, -0.15) is 0 Å². The molecule has 1 amide bonds. The molecular weight excluding hydrogens is 508 g/mol. The zero-order valence-electron chi connectivity index (χ0n) is 19.2. The molecular formula is C25H23ClN2O7S. The van der Waals surface area contributed by atoms with Crippen LogP contribution in [-0.2, 0) is 10.0 Å². The van der Waals surface area contributed by atoms with Crippen molar-refractivity contribution in [3.05, 3.63) is 76.8 Å². The molecule has 0 atom stereocenters. The summed E-state index contributed by atoms with van der Waals surface area (Å²) in [5.74, 6) is -1.11. The standard InChI is InChI=1S/C25H23ClN2O7S/c1-34-22-11-7-18(26)15-23(22)36(32,33)28-12-2-3-13-35-21-10-6-17(14-20(21)28)24(29)27-19-8-4-16(5-9-19)25(30)31/h4-11,14-15H,2-3,12-13H2,1H3,(H,27,29)(H,30,31). The highest BCUT2D eigenvalue weighted by atomic mass is 35.5. The Kier molecular flexibility index (Phi) is 7.37. The summed E-state index contributed by atoms with van der Waals surface area (Å²) in [5, 5.41) is 12.0. The van der Waals surface area contributed by atoms with Crippen LogP contribution in [0.15, 0.2) is 65.6 Å². The van der Waals surface area contributed by atoms with Gasteiger partial charge in [-0.05, 0) is 73.5 Å². The lowest BCUT2D eigenvalue weighted by atomic mass is 10.1. The number of hydrogen-bond donors (Lipinski definition) is 2. The van der Waals surface area contributed by atoms with E-state index in [0.29, 0.717) is 30.9 Å². The van der Waals surface area contributed by atoms with Crippen LogP contribution in [0, 0.1) is 0 Å². The summed E-state index contributed by atoms with van der Waals surface area (Å²) in [6.07, 6.45) is 1.18. The van der Waals surface area contributed by atoms with Crippen LogP contribution in [0.1, 0.15) is 33.6 Å². The number of ether oxygens (including phenoxy) is 2. The molecule has 0 bridgehead atoms. The fraction of sp³-hybridized carbons (Fsp3) is 0.200. The largest absolute Gasteiger partial charge is 0.495 e. The van der Waals surface area contributed by atoms with E-state index in [9.17, 15) is 18.0 Å². The minimum absolute atomic E-state index is 0.0866. The number of nitrogens with zero attached hydrogens (tertiary/aromatic N) is 1. The van der Waals surface area contributed by atoms with Crippen molar-refractivity contribution in [2.24, 2.45) is 0 Å². The van der Waals surface area contributed by atoms with E-state index in [-0.39, 0.29) is 39.0 Å². The number of anilines is 2. The maximum atomic E-state index is 13.8. The van der Waals surface area contributed by atoms with Crippen LogP contribution in [0.2, 0.25) is 5.02 Å². The number of aromatic carboxylic acids is 1. The molecule has 0 saturated heterocycles. The van der Waals surface area contributed by atoms with Crippen molar-refractivity contribution in [1.29, 1.82) is 0 Å². The Bertz CT molecular complexity index is 1410. The van der Waals surface area contributed by atoms with E-state index in [1.165, 1.54) is 66.0 Å². The maximum absolute atomic E-state index is 13.8. The summed E-state index contributed by atoms with van der Waals surface area (Å²) in [6.45, 7) is 0.568. The van der Waals surface area contributed by atoms with E-state index in [0.717, 1.165) is 0 Å². The molecule has 1 aliphatic heterocycles. The van der Waals surface area contributed by atoms with Crippen molar-refractivity contribution >= 4 is 44.9 Å². The molecule has 0 unspecified atom stereocenters. The first-order valence-corrected chi connectivity index (χ1v) is 12.8. The third kappa shape index (κ3) is 5.24. The lowest BCUT2D eigenvalue weighted by Crippen LogP contribution is -2.34. The highest BCUT2D eigenvalue weighted by Gasteiger charge is 2.31. The smallest absolute Gasteiger partial charge is 0.335 e. The molecule has 3 aromatic rings. The number of amides is 1. The van der Waals surface area contributed by atoms with Crippen LogP contribution in [0.3, 0.4) is 0 Å². The number of carbonyl (C=O) groups excluding carboxylic acids is 1. The zero-order valence-corrected chi connectivity index (χ0v) is 20.8. The van der Waals surface area contributed by atoms with Gasteiger partial charge in [0.15, 0.2) is 0 Å². The summed E-state index contributed by atoms with van der Waals surface area (Å²) in [4.78, 5) is 23.9. The number of carboxylic acid groups (broad SMARTS) is 1. The molecule has 36 heavy (non-hydrogen) atoms. The predicted octanol–water partition coefficient (Wildman–Crippen LogP) is 4.67. The second-order valence-electron chi connectivity index (χ2n) is 7.95. The van der Waals surface area contributed by atoms with Gasteiger partial charge in [0, 0.05) is 22.8 Å². The maximum Gasteiger partial charge on any atom is 0.335 e. The lowest BCUT2D eigenvalue weighted by molar-refractivity contribution is 0.0696. The molecule has 9 nitrogen and oxygen atoms in total. The summed E-state index contributed by atoms with van der Waals surface area (Å²) >= 11 is 6.10. The monoisotopic (exact) mass is 530 g/mol. The van der Waals surface area contributed by atoms with Crippen LogP contribution in [0.5, 0.6) is 11.5 Å². The number of sulfonamides is 1. The number of carboxylic acids is 1. The molecule has 0 aromatic heterocycles. The van der Waals surface area contributed by atoms with E-state index >= 15 is 0 Å². The molecule has 0 saturated carbocycles. The van der Waals surface area contributed by atoms with Gasteiger partial charge < -0.3 is 19.9 Å². The molecule has 2 N–H and O–H groups in total. The Balaban J connectivity index is 1.72. The van der Waals surface area contributed by atoms with Crippen LogP contribution in [0.25, 0.3) is 0 Å². The van der Waals surface area contributed by atoms with E-state index in [4.69, 9.17) is 26.2 Å². The number of halogens is 1. The number of hydrogen-bond acceptors (Lipinski definition) is 6. The van der Waals surface area contributed by atoms with Gasteiger partial charge in [-0.25, -0.2) is 13.2 Å². The van der Waals surface area contributed by atoms with Crippen molar-refractivity contribution in [2.75, 3.05) is 29.9 Å². The van der Waals surface area contributed by atoms with Crippen molar-refractivity contribution < 1.29 is 32.6 Å². The Labute approximate surface area is 213 Å². The molecule has 188 valence electrons. The first kappa shape index (κ1) is 25.3. The number of nitrogens with one attached hydrogen (secondary N) is 1. The topological polar surface area (TPSA) is 122 Å². The number of rotatable bonds is 6. The van der Waals surface area contributed by atoms with E-state index in [1.807, 2.05) is 0 Å². The third-order valence-electron chi connectivity index (χ3n) is 5.59. The van der Waals surface area contributed by atoms with Gasteiger partial charge in [-0.1, -0.05) is 11.6 Å². The minimum atomic E-state index is -4.14. The summed E-state index contributed by atoms with van der Waals surface area (Å²) in [5.41, 5.74) is 0.883. The second-order valence-corrected chi connectivity index (χ2v) is 10.2. The molecule has 4 rings (SSSR count). The van der Waals surface area contributed by atoms with Gasteiger partial charge in [0.1, 0.15) is 16.4 Å². The highest BCUT2D eigenvalue weighted by Crippen LogP contribution is 2.38. The van der Waals surface area contributed by atoms with Crippen molar-refractivity contribution in [3.63, 3.8) is 0 Å². The van der Waals surface area contributed by atoms with Crippen LogP contribution in [-0.4, -0.2) is 45.7 Å². The normalized spacial score (nSPS) is 13.6. The fourth-order valence-corrected chi connectivity index (χ4v) is 5.68. The third-order valence-corrected chi connectivity index (χ3v) is 7.66. The average molecular weight is 531 g/mol. The molecule has 0 fully saturated rings. The van der Waals surface area contributed by atoms with E-state index in [1.54, 1.807) is 6.07 Å². The SMILES string of the molecule is COc1ccc(Cl)cc1S(=O)(=O)N1CCCCOc2ccc(C(=O)Nc3ccc(C(=O)O)cc3)cc21. The van der Waals surface area contributed by atoms with Crippen molar-refractivity contribution in [2.45, 2.75) is 17.7 Å². The average Bonchev–Trinajstić information content (AvgIpc) is 2.84. The highest BCUT2D eigenvalue weighted by molar-refractivity contribution is 7.93. The molecule has 0 radical (unpaired) electrons. The Hall–Kier alpha value is -3.76. The quantitative estimate of drug-likeness (QED) is 0.475. The van der Waals surface area contributed by atoms with Gasteiger partial charge >= 0.3 is 5.97 Å². The Morgan fingerprint density at radius 1 is 1.03 bits per heavy atom. The lowest BCUT2D eigenvalue weighted by Gasteiger charge is -2.29. The number of carbonyl (C=O) groups is 2. The van der Waals surface area contributed by atoms with Crippen molar-refractivity contribution in [3.8, 4) is 11.5 Å². The van der Waals surface area contributed by atoms with Gasteiger partial charge in [0.2, 0.25) is 0 Å². The predicted molar refractivity (Wildman–Crippen MR) is 135 cm³/mol. The molecule has 3 aromatic carbocycles. The number of benzene rings is 3. The number of fused-ring (bicyclic) bond motifs is 1. The van der Waals surface area contributed by atoms with Crippen LogP contribution < -0.4 is 19.1 Å². The Morgan fingerprint density at radius 2 is 1.75 bits per heavy atom. The molecule has 11 heteroatoms. The zero-order chi connectivity index (χ0) is 25.9.